The van der Waals surface area contributed by atoms with Gasteiger partial charge in [0, 0.05) is 50.4 Å². The van der Waals surface area contributed by atoms with E-state index in [1.165, 1.54) is 42.2 Å². The Labute approximate surface area is 219 Å². The van der Waals surface area contributed by atoms with E-state index in [4.69, 9.17) is 4.18 Å². The van der Waals surface area contributed by atoms with Crippen LogP contribution < -0.4 is 9.08 Å². The zero-order chi connectivity index (χ0) is 28.1. The highest BCUT2D eigenvalue weighted by Crippen LogP contribution is 2.33. The summed E-state index contributed by atoms with van der Waals surface area (Å²) in [6.45, 7) is 6.45. The van der Waals surface area contributed by atoms with Crippen LogP contribution in [0, 0.1) is 5.82 Å². The van der Waals surface area contributed by atoms with Crippen LogP contribution in [0.25, 0.3) is 0 Å². The number of hydrogen-bond acceptors (Lipinski definition) is 5. The maximum absolute atomic E-state index is 13.3. The summed E-state index contributed by atoms with van der Waals surface area (Å²) in [6.07, 6.45) is -4.73. The highest BCUT2D eigenvalue weighted by molar-refractivity contribution is 7.87. The summed E-state index contributed by atoms with van der Waals surface area (Å²) < 4.78 is 84.4. The maximum atomic E-state index is 13.3. The van der Waals surface area contributed by atoms with Gasteiger partial charge in [-0.15, -0.1) is 0 Å². The molecule has 3 rings (SSSR count). The monoisotopic (exact) mass is 552 g/mol. The van der Waals surface area contributed by atoms with E-state index in [1.54, 1.807) is 12.1 Å². The quantitative estimate of drug-likeness (QED) is 0.228. The number of carbonyl (C=O) groups is 1. The second kappa shape index (κ2) is 11.8. The van der Waals surface area contributed by atoms with E-state index in [1.807, 2.05) is 18.7 Å². The molecule has 204 valence electrons. The summed E-state index contributed by atoms with van der Waals surface area (Å²) in [5.74, 6) is -0.864. The van der Waals surface area contributed by atoms with Crippen LogP contribution in [0.3, 0.4) is 0 Å². The average molecular weight is 553 g/mol. The Bertz CT molecular complexity index is 1370. The molecule has 0 spiro atoms. The minimum atomic E-state index is -4.73. The second-order valence-electron chi connectivity index (χ2n) is 8.53. The second-order valence-corrected chi connectivity index (χ2v) is 10.1. The van der Waals surface area contributed by atoms with Crippen molar-refractivity contribution in [2.45, 2.75) is 44.9 Å². The number of hydrogen-bond donors (Lipinski definition) is 0. The minimum Gasteiger partial charge on any atom is -0.379 e. The van der Waals surface area contributed by atoms with Crippen molar-refractivity contribution in [3.05, 3.63) is 89.2 Å². The number of amides is 1. The summed E-state index contributed by atoms with van der Waals surface area (Å²) in [7, 11) is -4.66. The van der Waals surface area contributed by atoms with Crippen LogP contribution in [-0.2, 0) is 34.2 Å². The number of nitrogens with zero attached hydrogens (tertiary/aromatic N) is 2. The molecule has 3 aromatic carbocycles. The molecule has 0 aliphatic heterocycles. The van der Waals surface area contributed by atoms with E-state index in [0.29, 0.717) is 36.0 Å². The third-order valence-electron chi connectivity index (χ3n) is 5.92. The van der Waals surface area contributed by atoms with Crippen molar-refractivity contribution >= 4 is 21.7 Å². The van der Waals surface area contributed by atoms with Gasteiger partial charge in [0.05, 0.1) is 5.56 Å². The van der Waals surface area contributed by atoms with Gasteiger partial charge in [-0.25, -0.2) is 4.39 Å². The molecule has 3 aromatic rings. The van der Waals surface area contributed by atoms with Crippen molar-refractivity contribution in [3.63, 3.8) is 0 Å². The van der Waals surface area contributed by atoms with Gasteiger partial charge in [-0.3, -0.25) is 4.79 Å². The topological polar surface area (TPSA) is 66.9 Å². The van der Waals surface area contributed by atoms with Crippen molar-refractivity contribution in [3.8, 4) is 5.75 Å². The molecule has 0 radical (unpaired) electrons. The molecule has 0 saturated heterocycles. The van der Waals surface area contributed by atoms with Crippen molar-refractivity contribution in [2.24, 2.45) is 0 Å². The lowest BCUT2D eigenvalue weighted by Crippen LogP contribution is -2.28. The Morgan fingerprint density at radius 2 is 1.58 bits per heavy atom. The fraction of sp³-hybridized carbons (Fsp3) is 0.296. The lowest BCUT2D eigenvalue weighted by molar-refractivity contribution is -0.137. The molecular formula is C27H28F4N2O4S. The maximum Gasteiger partial charge on any atom is 0.416 e. The summed E-state index contributed by atoms with van der Waals surface area (Å²) in [4.78, 5) is 15.1. The van der Waals surface area contributed by atoms with E-state index < -0.39 is 32.6 Å². The van der Waals surface area contributed by atoms with Crippen LogP contribution in [0.15, 0.2) is 71.6 Å². The third-order valence-corrected chi connectivity index (χ3v) is 7.15. The zero-order valence-electron chi connectivity index (χ0n) is 21.1. The van der Waals surface area contributed by atoms with Crippen LogP contribution in [0.2, 0.25) is 0 Å². The van der Waals surface area contributed by atoms with E-state index in [0.717, 1.165) is 18.2 Å². The number of carbonyl (C=O) groups excluding carboxylic acids is 1. The van der Waals surface area contributed by atoms with Crippen LogP contribution in [0.4, 0.5) is 23.2 Å². The zero-order valence-corrected chi connectivity index (χ0v) is 21.9. The van der Waals surface area contributed by atoms with Crippen LogP contribution in [0.1, 0.15) is 37.5 Å². The molecule has 0 aliphatic carbocycles. The van der Waals surface area contributed by atoms with Crippen molar-refractivity contribution < 1.29 is 35.0 Å². The van der Waals surface area contributed by atoms with Gasteiger partial charge in [0.1, 0.15) is 16.5 Å². The predicted octanol–water partition coefficient (Wildman–Crippen LogP) is 6.01. The Morgan fingerprint density at radius 1 is 0.921 bits per heavy atom. The summed E-state index contributed by atoms with van der Waals surface area (Å²) >= 11 is 0. The molecule has 0 atom stereocenters. The Balaban J connectivity index is 2.01. The van der Waals surface area contributed by atoms with E-state index >= 15 is 0 Å². The van der Waals surface area contributed by atoms with Crippen molar-refractivity contribution in [1.82, 2.24) is 4.90 Å². The highest BCUT2D eigenvalue weighted by atomic mass is 32.2. The van der Waals surface area contributed by atoms with Gasteiger partial charge in [-0.1, -0.05) is 24.3 Å². The van der Waals surface area contributed by atoms with Crippen molar-refractivity contribution in [1.29, 1.82) is 0 Å². The summed E-state index contributed by atoms with van der Waals surface area (Å²) in [5.41, 5.74) is 0.497. The number of rotatable bonds is 10. The van der Waals surface area contributed by atoms with Gasteiger partial charge >= 0.3 is 16.3 Å². The first-order chi connectivity index (χ1) is 17.8. The molecule has 0 N–H and O–H groups in total. The predicted molar refractivity (Wildman–Crippen MR) is 136 cm³/mol. The minimum absolute atomic E-state index is 0.0569. The van der Waals surface area contributed by atoms with E-state index in [2.05, 4.69) is 0 Å². The Hall–Kier alpha value is -3.60. The van der Waals surface area contributed by atoms with Gasteiger partial charge in [0.2, 0.25) is 5.91 Å². The lowest BCUT2D eigenvalue weighted by Gasteiger charge is -2.25. The molecule has 0 saturated carbocycles. The van der Waals surface area contributed by atoms with E-state index in [9.17, 15) is 30.8 Å². The number of alkyl halides is 3. The molecule has 0 unspecified atom stereocenters. The standard InChI is InChI=1S/C27H28F4N2O4S/c1-4-32(5-2)24-14-11-21(18-33(19(3)34)17-20-9-12-23(28)13-10-20)26(16-24)37-38(35,36)25-8-6-7-22(15-25)27(29,30)31/h6-16H,4-5,17-18H2,1-3H3. The molecule has 38 heavy (non-hydrogen) atoms. The molecule has 0 bridgehead atoms. The Morgan fingerprint density at radius 3 is 2.16 bits per heavy atom. The summed E-state index contributed by atoms with van der Waals surface area (Å²) in [6, 6.07) is 13.8. The fourth-order valence-electron chi connectivity index (χ4n) is 3.83. The Kier molecular flexibility index (Phi) is 9.03. The smallest absolute Gasteiger partial charge is 0.379 e. The van der Waals surface area contributed by atoms with Gasteiger partial charge in [-0.2, -0.15) is 21.6 Å². The molecule has 1 amide bonds. The SMILES string of the molecule is CCN(CC)c1ccc(CN(Cc2ccc(F)cc2)C(C)=O)c(OS(=O)(=O)c2cccc(C(F)(F)F)c2)c1. The van der Waals surface area contributed by atoms with E-state index in [-0.39, 0.29) is 24.7 Å². The van der Waals surface area contributed by atoms with Crippen LogP contribution >= 0.6 is 0 Å². The molecular weight excluding hydrogens is 524 g/mol. The van der Waals surface area contributed by atoms with Gasteiger partial charge in [0.25, 0.3) is 0 Å². The lowest BCUT2D eigenvalue weighted by atomic mass is 10.1. The third kappa shape index (κ3) is 7.25. The van der Waals surface area contributed by atoms with Crippen LogP contribution in [0.5, 0.6) is 5.75 Å². The number of benzene rings is 3. The van der Waals surface area contributed by atoms with Crippen LogP contribution in [-0.4, -0.2) is 32.3 Å². The first-order valence-corrected chi connectivity index (χ1v) is 13.2. The van der Waals surface area contributed by atoms with Gasteiger partial charge in [0.15, 0.2) is 0 Å². The van der Waals surface area contributed by atoms with Gasteiger partial charge < -0.3 is 14.0 Å². The summed E-state index contributed by atoms with van der Waals surface area (Å²) in [5, 5.41) is 0. The fourth-order valence-corrected chi connectivity index (χ4v) is 4.83. The molecule has 0 heterocycles. The molecule has 0 aromatic heterocycles. The highest BCUT2D eigenvalue weighted by Gasteiger charge is 2.32. The normalized spacial score (nSPS) is 11.8. The first kappa shape index (κ1) is 29.0. The average Bonchev–Trinajstić information content (AvgIpc) is 2.86. The first-order valence-electron chi connectivity index (χ1n) is 11.8. The van der Waals surface area contributed by atoms with Gasteiger partial charge in [-0.05, 0) is 55.8 Å². The molecule has 11 heteroatoms. The van der Waals surface area contributed by atoms with Crippen molar-refractivity contribution in [2.75, 3.05) is 18.0 Å². The number of halogens is 4. The number of anilines is 1. The molecule has 0 aliphatic rings. The molecule has 0 fully saturated rings. The molecule has 6 nitrogen and oxygen atoms in total. The largest absolute Gasteiger partial charge is 0.416 e.